The molecule has 19 heavy (non-hydrogen) atoms. The van der Waals surface area contributed by atoms with E-state index in [1.165, 1.54) is 12.1 Å². The maximum Gasteiger partial charge on any atom is 0.328 e. The molecule has 1 rings (SSSR count). The summed E-state index contributed by atoms with van der Waals surface area (Å²) in [6, 6.07) is 4.60. The van der Waals surface area contributed by atoms with Crippen LogP contribution in [0.15, 0.2) is 24.3 Å². The SMILES string of the molecule is CCN(CCO)Cc1ccc(F)c(/C=C/C(=O)O)c1. The number of halogens is 1. The molecule has 1 aromatic carbocycles. The van der Waals surface area contributed by atoms with Gasteiger partial charge in [0.15, 0.2) is 0 Å². The van der Waals surface area contributed by atoms with Crippen molar-refractivity contribution in [3.05, 3.63) is 41.2 Å². The van der Waals surface area contributed by atoms with Crippen LogP contribution >= 0.6 is 0 Å². The van der Waals surface area contributed by atoms with E-state index in [2.05, 4.69) is 0 Å². The second-order valence-electron chi connectivity index (χ2n) is 4.12. The van der Waals surface area contributed by atoms with Crippen molar-refractivity contribution in [1.82, 2.24) is 4.90 Å². The Balaban J connectivity index is 2.86. The van der Waals surface area contributed by atoms with Crippen molar-refractivity contribution in [2.75, 3.05) is 19.7 Å². The molecule has 5 heteroatoms. The summed E-state index contributed by atoms with van der Waals surface area (Å²) in [4.78, 5) is 12.4. The van der Waals surface area contributed by atoms with Gasteiger partial charge in [-0.15, -0.1) is 0 Å². The number of benzene rings is 1. The summed E-state index contributed by atoms with van der Waals surface area (Å²) in [6.45, 7) is 3.96. The summed E-state index contributed by atoms with van der Waals surface area (Å²) in [6.07, 6.45) is 2.15. The topological polar surface area (TPSA) is 60.8 Å². The highest BCUT2D eigenvalue weighted by molar-refractivity contribution is 5.85. The quantitative estimate of drug-likeness (QED) is 0.739. The van der Waals surface area contributed by atoms with Gasteiger partial charge in [0.05, 0.1) is 6.61 Å². The van der Waals surface area contributed by atoms with Crippen LogP contribution in [0.1, 0.15) is 18.1 Å². The van der Waals surface area contributed by atoms with Crippen LogP contribution in [0.2, 0.25) is 0 Å². The minimum absolute atomic E-state index is 0.0702. The Morgan fingerprint density at radius 2 is 2.21 bits per heavy atom. The molecule has 0 saturated carbocycles. The molecule has 0 unspecified atom stereocenters. The van der Waals surface area contributed by atoms with Gasteiger partial charge in [-0.2, -0.15) is 0 Å². The molecule has 0 heterocycles. The molecule has 0 spiro atoms. The molecule has 2 N–H and O–H groups in total. The van der Waals surface area contributed by atoms with Crippen molar-refractivity contribution in [3.63, 3.8) is 0 Å². The number of aliphatic hydroxyl groups is 1. The molecular formula is C14H18FNO3. The number of hydrogen-bond donors (Lipinski definition) is 2. The molecule has 4 nitrogen and oxygen atoms in total. The maximum absolute atomic E-state index is 13.5. The van der Waals surface area contributed by atoms with Gasteiger partial charge < -0.3 is 10.2 Å². The zero-order valence-electron chi connectivity index (χ0n) is 10.8. The number of carboxylic acid groups (broad SMARTS) is 1. The molecule has 0 saturated heterocycles. The molecule has 104 valence electrons. The Morgan fingerprint density at radius 3 is 2.79 bits per heavy atom. The minimum Gasteiger partial charge on any atom is -0.478 e. The molecule has 0 atom stereocenters. The molecular weight excluding hydrogens is 249 g/mol. The normalized spacial score (nSPS) is 11.4. The number of hydrogen-bond acceptors (Lipinski definition) is 3. The summed E-state index contributed by atoms with van der Waals surface area (Å²) in [5, 5.41) is 17.5. The van der Waals surface area contributed by atoms with E-state index in [9.17, 15) is 9.18 Å². The van der Waals surface area contributed by atoms with Gasteiger partial charge in [0.25, 0.3) is 0 Å². The molecule has 0 bridgehead atoms. The van der Waals surface area contributed by atoms with Gasteiger partial charge in [0, 0.05) is 24.7 Å². The lowest BCUT2D eigenvalue weighted by molar-refractivity contribution is -0.131. The predicted molar refractivity (Wildman–Crippen MR) is 71.1 cm³/mol. The highest BCUT2D eigenvalue weighted by Gasteiger charge is 2.06. The second kappa shape index (κ2) is 7.66. The van der Waals surface area contributed by atoms with E-state index in [0.717, 1.165) is 18.2 Å². The average Bonchev–Trinajstić information content (AvgIpc) is 2.38. The van der Waals surface area contributed by atoms with Gasteiger partial charge in [-0.25, -0.2) is 9.18 Å². The molecule has 0 radical (unpaired) electrons. The number of carbonyl (C=O) groups is 1. The highest BCUT2D eigenvalue weighted by atomic mass is 19.1. The Labute approximate surface area is 111 Å². The Bertz CT molecular complexity index is 460. The number of carboxylic acids is 1. The maximum atomic E-state index is 13.5. The van der Waals surface area contributed by atoms with E-state index < -0.39 is 11.8 Å². The summed E-state index contributed by atoms with van der Waals surface area (Å²) in [7, 11) is 0. The van der Waals surface area contributed by atoms with Crippen LogP contribution in [0.3, 0.4) is 0 Å². The fraction of sp³-hybridized carbons (Fsp3) is 0.357. The van der Waals surface area contributed by atoms with Gasteiger partial charge in [0.2, 0.25) is 0 Å². The fourth-order valence-electron chi connectivity index (χ4n) is 1.73. The van der Waals surface area contributed by atoms with Crippen molar-refractivity contribution in [1.29, 1.82) is 0 Å². The zero-order valence-corrected chi connectivity index (χ0v) is 10.8. The van der Waals surface area contributed by atoms with Crippen LogP contribution in [0.25, 0.3) is 6.08 Å². The number of likely N-dealkylation sites (N-methyl/N-ethyl adjacent to an activating group) is 1. The van der Waals surface area contributed by atoms with Crippen molar-refractivity contribution in [2.45, 2.75) is 13.5 Å². The standard InChI is InChI=1S/C14H18FNO3/c1-2-16(7-8-17)10-11-3-5-13(15)12(9-11)4-6-14(18)19/h3-6,9,17H,2,7-8,10H2,1H3,(H,18,19)/b6-4+. The first-order valence-electron chi connectivity index (χ1n) is 6.09. The first kappa shape index (κ1) is 15.3. The molecule has 0 aliphatic heterocycles. The van der Waals surface area contributed by atoms with Gasteiger partial charge in [-0.1, -0.05) is 13.0 Å². The van der Waals surface area contributed by atoms with Crippen molar-refractivity contribution in [2.24, 2.45) is 0 Å². The first-order valence-corrected chi connectivity index (χ1v) is 6.09. The number of aliphatic hydroxyl groups excluding tert-OH is 1. The van der Waals surface area contributed by atoms with E-state index >= 15 is 0 Å². The molecule has 0 aliphatic rings. The van der Waals surface area contributed by atoms with Gasteiger partial charge in [0.1, 0.15) is 5.82 Å². The lowest BCUT2D eigenvalue weighted by Crippen LogP contribution is -2.26. The molecule has 0 fully saturated rings. The third kappa shape index (κ3) is 5.19. The molecule has 0 amide bonds. The van der Waals surface area contributed by atoms with Gasteiger partial charge in [-0.05, 0) is 30.3 Å². The average molecular weight is 267 g/mol. The van der Waals surface area contributed by atoms with Crippen LogP contribution in [-0.2, 0) is 11.3 Å². The fourth-order valence-corrected chi connectivity index (χ4v) is 1.73. The largest absolute Gasteiger partial charge is 0.478 e. The predicted octanol–water partition coefficient (Wildman–Crippen LogP) is 1.74. The summed E-state index contributed by atoms with van der Waals surface area (Å²) in [5.41, 5.74) is 1.13. The first-order chi connectivity index (χ1) is 9.06. The van der Waals surface area contributed by atoms with Crippen LogP contribution in [-0.4, -0.2) is 40.8 Å². The van der Waals surface area contributed by atoms with E-state index in [0.29, 0.717) is 13.1 Å². The molecule has 1 aromatic rings. The van der Waals surface area contributed by atoms with Crippen LogP contribution < -0.4 is 0 Å². The Hall–Kier alpha value is -1.72. The van der Waals surface area contributed by atoms with E-state index in [1.54, 1.807) is 12.1 Å². The number of aliphatic carboxylic acids is 1. The lowest BCUT2D eigenvalue weighted by atomic mass is 10.1. The van der Waals surface area contributed by atoms with Crippen molar-refractivity contribution in [3.8, 4) is 0 Å². The van der Waals surface area contributed by atoms with Crippen LogP contribution in [0, 0.1) is 5.82 Å². The summed E-state index contributed by atoms with van der Waals surface area (Å²) in [5.74, 6) is -1.56. The van der Waals surface area contributed by atoms with Crippen molar-refractivity contribution >= 4 is 12.0 Å². The highest BCUT2D eigenvalue weighted by Crippen LogP contribution is 2.14. The second-order valence-corrected chi connectivity index (χ2v) is 4.12. The number of rotatable bonds is 7. The smallest absolute Gasteiger partial charge is 0.328 e. The number of nitrogens with zero attached hydrogens (tertiary/aromatic N) is 1. The zero-order chi connectivity index (χ0) is 14.3. The summed E-state index contributed by atoms with van der Waals surface area (Å²) < 4.78 is 13.5. The van der Waals surface area contributed by atoms with Crippen molar-refractivity contribution < 1.29 is 19.4 Å². The van der Waals surface area contributed by atoms with Gasteiger partial charge >= 0.3 is 5.97 Å². The van der Waals surface area contributed by atoms with E-state index in [4.69, 9.17) is 10.2 Å². The Morgan fingerprint density at radius 1 is 1.47 bits per heavy atom. The van der Waals surface area contributed by atoms with Crippen LogP contribution in [0.5, 0.6) is 0 Å². The minimum atomic E-state index is -1.11. The third-order valence-electron chi connectivity index (χ3n) is 2.74. The Kier molecular flexibility index (Phi) is 6.18. The molecule has 0 aliphatic carbocycles. The van der Waals surface area contributed by atoms with E-state index in [-0.39, 0.29) is 12.2 Å². The van der Waals surface area contributed by atoms with Crippen LogP contribution in [0.4, 0.5) is 4.39 Å². The monoisotopic (exact) mass is 267 g/mol. The third-order valence-corrected chi connectivity index (χ3v) is 2.74. The van der Waals surface area contributed by atoms with E-state index in [1.807, 2.05) is 11.8 Å². The lowest BCUT2D eigenvalue weighted by Gasteiger charge is -2.19. The summed E-state index contributed by atoms with van der Waals surface area (Å²) >= 11 is 0. The molecule has 0 aromatic heterocycles. The van der Waals surface area contributed by atoms with Gasteiger partial charge in [-0.3, -0.25) is 4.90 Å².